The molecule has 0 atom stereocenters. The van der Waals surface area contributed by atoms with Crippen LogP contribution in [0.1, 0.15) is 18.4 Å². The summed E-state index contributed by atoms with van der Waals surface area (Å²) >= 11 is 0. The minimum Gasteiger partial charge on any atom is -0.384 e. The van der Waals surface area contributed by atoms with E-state index in [1.807, 2.05) is 6.07 Å². The highest BCUT2D eigenvalue weighted by atomic mass is 35.5. The molecule has 0 unspecified atom stereocenters. The van der Waals surface area contributed by atoms with Gasteiger partial charge in [0.15, 0.2) is 0 Å². The Labute approximate surface area is 82.7 Å². The Bertz CT molecular complexity index is 347. The van der Waals surface area contributed by atoms with Crippen molar-refractivity contribution in [1.82, 2.24) is 0 Å². The van der Waals surface area contributed by atoms with E-state index in [0.717, 1.165) is 12.2 Å². The lowest BCUT2D eigenvalue weighted by Gasteiger charge is -2.04. The maximum absolute atomic E-state index is 12.8. The van der Waals surface area contributed by atoms with E-state index >= 15 is 0 Å². The van der Waals surface area contributed by atoms with Crippen LogP contribution in [-0.2, 0) is 5.41 Å². The van der Waals surface area contributed by atoms with Crippen molar-refractivity contribution in [3.05, 3.63) is 29.6 Å². The molecule has 70 valence electrons. The fourth-order valence-electron chi connectivity index (χ4n) is 2.08. The molecule has 0 radical (unpaired) electrons. The first-order valence-electron chi connectivity index (χ1n) is 4.34. The van der Waals surface area contributed by atoms with Gasteiger partial charge in [0.25, 0.3) is 0 Å². The number of hydrogen-bond donors (Lipinski definition) is 1. The van der Waals surface area contributed by atoms with Gasteiger partial charge in [-0.25, -0.2) is 4.39 Å². The lowest BCUT2D eigenvalue weighted by atomic mass is 9.99. The molecule has 1 spiro atoms. The van der Waals surface area contributed by atoms with Crippen LogP contribution in [-0.4, -0.2) is 6.54 Å². The fraction of sp³-hybridized carbons (Fsp3) is 0.400. The van der Waals surface area contributed by atoms with Crippen LogP contribution < -0.4 is 5.32 Å². The van der Waals surface area contributed by atoms with Crippen molar-refractivity contribution in [2.75, 3.05) is 11.9 Å². The zero-order valence-electron chi connectivity index (χ0n) is 7.14. The quantitative estimate of drug-likeness (QED) is 0.678. The van der Waals surface area contributed by atoms with Crippen LogP contribution in [0.25, 0.3) is 0 Å². The molecular weight excluding hydrogens is 189 g/mol. The third kappa shape index (κ3) is 1.12. The molecule has 13 heavy (non-hydrogen) atoms. The van der Waals surface area contributed by atoms with Crippen LogP contribution in [0.4, 0.5) is 10.1 Å². The van der Waals surface area contributed by atoms with Crippen molar-refractivity contribution >= 4 is 18.1 Å². The molecule has 1 aliphatic heterocycles. The summed E-state index contributed by atoms with van der Waals surface area (Å²) in [6.45, 7) is 1.01. The second kappa shape index (κ2) is 2.61. The fourth-order valence-corrected chi connectivity index (χ4v) is 2.08. The lowest BCUT2D eigenvalue weighted by Crippen LogP contribution is -2.07. The number of nitrogens with one attached hydrogen (secondary N) is 1. The summed E-state index contributed by atoms with van der Waals surface area (Å²) in [6, 6.07) is 5.09. The zero-order valence-corrected chi connectivity index (χ0v) is 7.96. The molecule has 1 aromatic rings. The van der Waals surface area contributed by atoms with Gasteiger partial charge in [-0.15, -0.1) is 12.4 Å². The van der Waals surface area contributed by atoms with Gasteiger partial charge < -0.3 is 5.32 Å². The predicted molar refractivity (Wildman–Crippen MR) is 53.0 cm³/mol. The number of halogens is 2. The minimum atomic E-state index is -0.140. The van der Waals surface area contributed by atoms with Gasteiger partial charge in [0.1, 0.15) is 5.82 Å². The molecule has 1 heterocycles. The molecular formula is C10H11ClFN. The molecule has 1 N–H and O–H groups in total. The van der Waals surface area contributed by atoms with Gasteiger partial charge in [0.05, 0.1) is 0 Å². The Hall–Kier alpha value is -0.760. The first-order valence-corrected chi connectivity index (χ1v) is 4.34. The summed E-state index contributed by atoms with van der Waals surface area (Å²) < 4.78 is 12.8. The maximum atomic E-state index is 12.8. The van der Waals surface area contributed by atoms with Crippen LogP contribution in [0.15, 0.2) is 18.2 Å². The molecule has 1 saturated carbocycles. The van der Waals surface area contributed by atoms with Crippen molar-refractivity contribution in [3.8, 4) is 0 Å². The number of rotatable bonds is 0. The van der Waals surface area contributed by atoms with E-state index in [2.05, 4.69) is 5.32 Å². The van der Waals surface area contributed by atoms with E-state index in [-0.39, 0.29) is 18.2 Å². The highest BCUT2D eigenvalue weighted by Gasteiger charge is 2.48. The third-order valence-electron chi connectivity index (χ3n) is 3.02. The topological polar surface area (TPSA) is 12.0 Å². The Kier molecular flexibility index (Phi) is 1.77. The van der Waals surface area contributed by atoms with Crippen LogP contribution in [0.5, 0.6) is 0 Å². The molecule has 1 fully saturated rings. The van der Waals surface area contributed by atoms with Crippen LogP contribution in [0.3, 0.4) is 0 Å². The van der Waals surface area contributed by atoms with Crippen LogP contribution in [0, 0.1) is 5.82 Å². The van der Waals surface area contributed by atoms with E-state index in [1.54, 1.807) is 12.1 Å². The molecule has 1 nitrogen and oxygen atoms in total. The second-order valence-corrected chi connectivity index (χ2v) is 3.82. The number of fused-ring (bicyclic) bond motifs is 2. The molecule has 1 aromatic carbocycles. The summed E-state index contributed by atoms with van der Waals surface area (Å²) in [5.74, 6) is -0.140. The van der Waals surface area contributed by atoms with Crippen molar-refractivity contribution in [3.63, 3.8) is 0 Å². The summed E-state index contributed by atoms with van der Waals surface area (Å²) in [7, 11) is 0. The maximum Gasteiger partial charge on any atom is 0.125 e. The van der Waals surface area contributed by atoms with Gasteiger partial charge in [-0.1, -0.05) is 6.07 Å². The van der Waals surface area contributed by atoms with Crippen molar-refractivity contribution in [1.29, 1.82) is 0 Å². The number of benzene rings is 1. The normalized spacial score (nSPS) is 20.4. The standard InChI is InChI=1S/C10H10FN.ClH/c11-7-1-2-8-9(5-7)12-6-10(8)3-4-10;/h1-2,5,12H,3-4,6H2;1H. The van der Waals surface area contributed by atoms with E-state index in [0.29, 0.717) is 5.41 Å². The molecule has 0 saturated heterocycles. The Balaban J connectivity index is 0.000000653. The Morgan fingerprint density at radius 3 is 2.77 bits per heavy atom. The van der Waals surface area contributed by atoms with Gasteiger partial charge in [-0.2, -0.15) is 0 Å². The van der Waals surface area contributed by atoms with Crippen molar-refractivity contribution < 1.29 is 4.39 Å². The summed E-state index contributed by atoms with van der Waals surface area (Å²) in [5.41, 5.74) is 2.72. The monoisotopic (exact) mass is 199 g/mol. The Morgan fingerprint density at radius 1 is 1.31 bits per heavy atom. The molecule has 3 heteroatoms. The zero-order chi connectivity index (χ0) is 8.18. The third-order valence-corrected chi connectivity index (χ3v) is 3.02. The SMILES string of the molecule is Cl.Fc1ccc2c(c1)NCC21CC1. The van der Waals surface area contributed by atoms with Gasteiger partial charge in [-0.05, 0) is 30.5 Å². The molecule has 1 aliphatic carbocycles. The van der Waals surface area contributed by atoms with Crippen molar-refractivity contribution in [2.45, 2.75) is 18.3 Å². The van der Waals surface area contributed by atoms with E-state index in [4.69, 9.17) is 0 Å². The average molecular weight is 200 g/mol. The number of anilines is 1. The molecule has 2 aliphatic rings. The van der Waals surface area contributed by atoms with E-state index < -0.39 is 0 Å². The molecule has 0 bridgehead atoms. The average Bonchev–Trinajstić information content (AvgIpc) is 2.73. The van der Waals surface area contributed by atoms with Gasteiger partial charge in [0.2, 0.25) is 0 Å². The number of hydrogen-bond acceptors (Lipinski definition) is 1. The smallest absolute Gasteiger partial charge is 0.125 e. The highest BCUT2D eigenvalue weighted by Crippen LogP contribution is 2.54. The molecule has 0 amide bonds. The summed E-state index contributed by atoms with van der Waals surface area (Å²) in [4.78, 5) is 0. The van der Waals surface area contributed by atoms with Crippen molar-refractivity contribution in [2.24, 2.45) is 0 Å². The Morgan fingerprint density at radius 2 is 2.08 bits per heavy atom. The van der Waals surface area contributed by atoms with Gasteiger partial charge >= 0.3 is 0 Å². The van der Waals surface area contributed by atoms with Crippen LogP contribution in [0.2, 0.25) is 0 Å². The lowest BCUT2D eigenvalue weighted by molar-refractivity contribution is 0.627. The van der Waals surface area contributed by atoms with Gasteiger partial charge in [-0.3, -0.25) is 0 Å². The summed E-state index contributed by atoms with van der Waals surface area (Å²) in [5, 5.41) is 3.25. The van der Waals surface area contributed by atoms with E-state index in [1.165, 1.54) is 18.4 Å². The highest BCUT2D eigenvalue weighted by molar-refractivity contribution is 5.85. The summed E-state index contributed by atoms with van der Waals surface area (Å²) in [6.07, 6.45) is 2.53. The molecule has 3 rings (SSSR count). The van der Waals surface area contributed by atoms with E-state index in [9.17, 15) is 4.39 Å². The molecule has 0 aromatic heterocycles. The van der Waals surface area contributed by atoms with Crippen LogP contribution >= 0.6 is 12.4 Å². The minimum absolute atomic E-state index is 0. The second-order valence-electron chi connectivity index (χ2n) is 3.82. The first-order chi connectivity index (χ1) is 5.80. The van der Waals surface area contributed by atoms with Gasteiger partial charge in [0, 0.05) is 17.6 Å². The predicted octanol–water partition coefficient (Wildman–Crippen LogP) is 2.70. The first kappa shape index (κ1) is 8.82. The largest absolute Gasteiger partial charge is 0.384 e.